The van der Waals surface area contributed by atoms with Gasteiger partial charge in [0, 0.05) is 31.7 Å². The van der Waals surface area contributed by atoms with Gasteiger partial charge in [-0.05, 0) is 46.8 Å². The Morgan fingerprint density at radius 3 is 2.19 bits per heavy atom. The summed E-state index contributed by atoms with van der Waals surface area (Å²) in [5.74, 6) is 0. The molecule has 0 aromatic rings. The van der Waals surface area contributed by atoms with Gasteiger partial charge in [-0.3, -0.25) is 4.90 Å². The van der Waals surface area contributed by atoms with Crippen LogP contribution in [0, 0.1) is 0 Å². The molecule has 0 radical (unpaired) electrons. The number of hydrogen-bond donors (Lipinski definition) is 1. The first-order valence-electron chi connectivity index (χ1n) is 6.72. The van der Waals surface area contributed by atoms with Gasteiger partial charge in [-0.25, -0.2) is 0 Å². The van der Waals surface area contributed by atoms with Crippen molar-refractivity contribution >= 4 is 0 Å². The smallest absolute Gasteiger partial charge is 0.0126 e. The molecular formula is C13H29N3. The minimum absolute atomic E-state index is 0.343. The van der Waals surface area contributed by atoms with Gasteiger partial charge >= 0.3 is 0 Å². The summed E-state index contributed by atoms with van der Waals surface area (Å²) in [5, 5.41) is 3.38. The molecule has 0 bridgehead atoms. The molecule has 0 saturated carbocycles. The normalized spacial score (nSPS) is 20.2. The monoisotopic (exact) mass is 227 g/mol. The Morgan fingerprint density at radius 1 is 1.06 bits per heavy atom. The molecule has 0 atom stereocenters. The summed E-state index contributed by atoms with van der Waals surface area (Å²) in [7, 11) is 0. The molecule has 16 heavy (non-hydrogen) atoms. The van der Waals surface area contributed by atoms with E-state index in [0.717, 1.165) is 13.1 Å². The quantitative estimate of drug-likeness (QED) is 0.716. The van der Waals surface area contributed by atoms with Crippen LogP contribution >= 0.6 is 0 Å². The SMILES string of the molecule is CCNCCCN1CCN(C(C)(C)C)CC1. The van der Waals surface area contributed by atoms with E-state index in [4.69, 9.17) is 0 Å². The van der Waals surface area contributed by atoms with Gasteiger partial charge in [-0.15, -0.1) is 0 Å². The Balaban J connectivity index is 2.12. The van der Waals surface area contributed by atoms with Crippen molar-refractivity contribution in [2.24, 2.45) is 0 Å². The maximum atomic E-state index is 3.38. The number of rotatable bonds is 5. The van der Waals surface area contributed by atoms with E-state index < -0.39 is 0 Å². The van der Waals surface area contributed by atoms with E-state index in [-0.39, 0.29) is 0 Å². The van der Waals surface area contributed by atoms with Crippen LogP contribution in [0.2, 0.25) is 0 Å². The molecule has 1 heterocycles. The molecule has 0 amide bonds. The predicted molar refractivity (Wildman–Crippen MR) is 70.9 cm³/mol. The fourth-order valence-corrected chi connectivity index (χ4v) is 2.25. The third-order valence-corrected chi connectivity index (χ3v) is 3.40. The van der Waals surface area contributed by atoms with Gasteiger partial charge in [-0.2, -0.15) is 0 Å². The van der Waals surface area contributed by atoms with E-state index in [1.165, 1.54) is 39.1 Å². The number of piperazine rings is 1. The van der Waals surface area contributed by atoms with E-state index in [1.54, 1.807) is 0 Å². The molecule has 3 nitrogen and oxygen atoms in total. The van der Waals surface area contributed by atoms with Gasteiger partial charge in [0.1, 0.15) is 0 Å². The van der Waals surface area contributed by atoms with Crippen LogP contribution in [0.25, 0.3) is 0 Å². The van der Waals surface area contributed by atoms with Crippen molar-refractivity contribution in [1.29, 1.82) is 0 Å². The van der Waals surface area contributed by atoms with E-state index in [2.05, 4.69) is 42.8 Å². The topological polar surface area (TPSA) is 18.5 Å². The third-order valence-electron chi connectivity index (χ3n) is 3.40. The first kappa shape index (κ1) is 13.9. The maximum Gasteiger partial charge on any atom is 0.0126 e. The minimum atomic E-state index is 0.343. The van der Waals surface area contributed by atoms with Gasteiger partial charge < -0.3 is 10.2 Å². The summed E-state index contributed by atoms with van der Waals surface area (Å²) >= 11 is 0. The lowest BCUT2D eigenvalue weighted by molar-refractivity contribution is 0.0619. The highest BCUT2D eigenvalue weighted by Crippen LogP contribution is 2.15. The summed E-state index contributed by atoms with van der Waals surface area (Å²) in [6, 6.07) is 0. The van der Waals surface area contributed by atoms with Crippen LogP contribution in [0.4, 0.5) is 0 Å². The zero-order chi connectivity index (χ0) is 12.0. The largest absolute Gasteiger partial charge is 0.317 e. The van der Waals surface area contributed by atoms with Crippen molar-refractivity contribution in [1.82, 2.24) is 15.1 Å². The second-order valence-electron chi connectivity index (χ2n) is 5.71. The highest BCUT2D eigenvalue weighted by atomic mass is 15.3. The molecule has 1 rings (SSSR count). The first-order chi connectivity index (χ1) is 7.54. The summed E-state index contributed by atoms with van der Waals surface area (Å²) in [6.45, 7) is 17.6. The standard InChI is InChI=1S/C13H29N3/c1-5-14-7-6-8-15-9-11-16(12-10-15)13(2,3)4/h14H,5-12H2,1-4H3. The van der Waals surface area contributed by atoms with Crippen molar-refractivity contribution in [2.75, 3.05) is 45.8 Å². The molecular weight excluding hydrogens is 198 g/mol. The number of nitrogens with zero attached hydrogens (tertiary/aromatic N) is 2. The van der Waals surface area contributed by atoms with Crippen LogP contribution in [-0.2, 0) is 0 Å². The molecule has 1 fully saturated rings. The Morgan fingerprint density at radius 2 is 1.69 bits per heavy atom. The average Bonchev–Trinajstić information content (AvgIpc) is 2.24. The van der Waals surface area contributed by atoms with Crippen molar-refractivity contribution in [3.05, 3.63) is 0 Å². The van der Waals surface area contributed by atoms with E-state index in [0.29, 0.717) is 5.54 Å². The summed E-state index contributed by atoms with van der Waals surface area (Å²) in [4.78, 5) is 5.19. The zero-order valence-electron chi connectivity index (χ0n) is 11.6. The van der Waals surface area contributed by atoms with E-state index in [1.807, 2.05) is 0 Å². The number of hydrogen-bond acceptors (Lipinski definition) is 3. The molecule has 1 saturated heterocycles. The van der Waals surface area contributed by atoms with Crippen molar-refractivity contribution in [3.63, 3.8) is 0 Å². The Hall–Kier alpha value is -0.120. The fourth-order valence-electron chi connectivity index (χ4n) is 2.25. The van der Waals surface area contributed by atoms with Crippen LogP contribution in [-0.4, -0.2) is 61.2 Å². The Labute approximate surface area is 101 Å². The van der Waals surface area contributed by atoms with Crippen LogP contribution in [0.3, 0.4) is 0 Å². The fraction of sp³-hybridized carbons (Fsp3) is 1.00. The molecule has 1 aliphatic rings. The van der Waals surface area contributed by atoms with Crippen LogP contribution in [0.1, 0.15) is 34.1 Å². The lowest BCUT2D eigenvalue weighted by Gasteiger charge is -2.42. The van der Waals surface area contributed by atoms with Crippen molar-refractivity contribution in [2.45, 2.75) is 39.7 Å². The minimum Gasteiger partial charge on any atom is -0.317 e. The van der Waals surface area contributed by atoms with Gasteiger partial charge in [0.2, 0.25) is 0 Å². The van der Waals surface area contributed by atoms with Crippen LogP contribution in [0.15, 0.2) is 0 Å². The summed E-state index contributed by atoms with van der Waals surface area (Å²) in [6.07, 6.45) is 1.28. The number of nitrogens with one attached hydrogen (secondary N) is 1. The summed E-state index contributed by atoms with van der Waals surface area (Å²) in [5.41, 5.74) is 0.343. The molecule has 0 aliphatic carbocycles. The second kappa shape index (κ2) is 6.58. The van der Waals surface area contributed by atoms with Gasteiger partial charge in [0.25, 0.3) is 0 Å². The van der Waals surface area contributed by atoms with Crippen LogP contribution in [0.5, 0.6) is 0 Å². The van der Waals surface area contributed by atoms with Crippen LogP contribution < -0.4 is 5.32 Å². The Bertz CT molecular complexity index is 178. The highest BCUT2D eigenvalue weighted by molar-refractivity contribution is 4.81. The van der Waals surface area contributed by atoms with Gasteiger partial charge in [-0.1, -0.05) is 6.92 Å². The average molecular weight is 227 g/mol. The zero-order valence-corrected chi connectivity index (χ0v) is 11.6. The van der Waals surface area contributed by atoms with Crippen molar-refractivity contribution < 1.29 is 0 Å². The lowest BCUT2D eigenvalue weighted by atomic mass is 10.0. The molecule has 1 N–H and O–H groups in total. The molecule has 0 spiro atoms. The van der Waals surface area contributed by atoms with Gasteiger partial charge in [0.05, 0.1) is 0 Å². The molecule has 3 heteroatoms. The third kappa shape index (κ3) is 4.81. The van der Waals surface area contributed by atoms with Gasteiger partial charge in [0.15, 0.2) is 0 Å². The molecule has 1 aliphatic heterocycles. The highest BCUT2D eigenvalue weighted by Gasteiger charge is 2.25. The predicted octanol–water partition coefficient (Wildman–Crippen LogP) is 1.40. The van der Waals surface area contributed by atoms with E-state index in [9.17, 15) is 0 Å². The summed E-state index contributed by atoms with van der Waals surface area (Å²) < 4.78 is 0. The molecule has 96 valence electrons. The molecule has 0 aromatic heterocycles. The Kier molecular flexibility index (Phi) is 5.73. The van der Waals surface area contributed by atoms with Crippen molar-refractivity contribution in [3.8, 4) is 0 Å². The first-order valence-corrected chi connectivity index (χ1v) is 6.72. The lowest BCUT2D eigenvalue weighted by Crippen LogP contribution is -2.53. The molecule has 0 unspecified atom stereocenters. The molecule has 0 aromatic carbocycles. The van der Waals surface area contributed by atoms with E-state index >= 15 is 0 Å². The maximum absolute atomic E-state index is 3.38. The second-order valence-corrected chi connectivity index (χ2v) is 5.71.